The molecule has 1 N–H and O–H groups in total. The number of carbonyl (C=O) groups excluding carboxylic acids is 1. The number of benzene rings is 2. The number of nitrogens with one attached hydrogen (secondary N) is 1. The van der Waals surface area contributed by atoms with E-state index < -0.39 is 11.8 Å². The monoisotopic (exact) mass is 335 g/mol. The molecular formula is C19H14FN3O2. The summed E-state index contributed by atoms with van der Waals surface area (Å²) in [6, 6.07) is 13.2. The molecule has 3 aromatic rings. The molecule has 0 spiro atoms. The Morgan fingerprint density at radius 3 is 2.80 bits per heavy atom. The number of esters is 1. The number of nitriles is 1. The minimum atomic E-state index is -0.571. The molecule has 0 amide bonds. The summed E-state index contributed by atoms with van der Waals surface area (Å²) < 4.78 is 19.1. The number of ether oxygens (including phenoxy) is 1. The van der Waals surface area contributed by atoms with Crippen molar-refractivity contribution in [2.75, 3.05) is 11.9 Å². The third-order valence-corrected chi connectivity index (χ3v) is 3.65. The summed E-state index contributed by atoms with van der Waals surface area (Å²) in [6.07, 6.45) is 1.34. The van der Waals surface area contributed by atoms with Crippen LogP contribution in [-0.2, 0) is 4.74 Å². The molecule has 6 heteroatoms. The second-order valence-electron chi connectivity index (χ2n) is 5.19. The van der Waals surface area contributed by atoms with Crippen LogP contribution in [0.15, 0.2) is 48.7 Å². The van der Waals surface area contributed by atoms with Gasteiger partial charge in [0.1, 0.15) is 17.4 Å². The Kier molecular flexibility index (Phi) is 4.57. The molecule has 0 aliphatic heterocycles. The number of pyridine rings is 1. The Morgan fingerprint density at radius 1 is 1.28 bits per heavy atom. The quantitative estimate of drug-likeness (QED) is 0.724. The Morgan fingerprint density at radius 2 is 2.08 bits per heavy atom. The normalized spacial score (nSPS) is 10.3. The lowest BCUT2D eigenvalue weighted by Crippen LogP contribution is -2.10. The van der Waals surface area contributed by atoms with Gasteiger partial charge in [-0.3, -0.25) is 4.98 Å². The van der Waals surface area contributed by atoms with Crippen LogP contribution in [0.2, 0.25) is 0 Å². The maximum Gasteiger partial charge on any atom is 0.341 e. The standard InChI is InChI=1S/C19H14FN3O2/c1-2-25-19(24)14-11-22-17-12(10-21)6-5-7-13(17)18(14)23-16-9-4-3-8-15(16)20/h3-9,11H,2H2,1H3,(H,22,23). The number of anilines is 2. The summed E-state index contributed by atoms with van der Waals surface area (Å²) in [5.41, 5.74) is 1.53. The largest absolute Gasteiger partial charge is 0.462 e. The second-order valence-corrected chi connectivity index (χ2v) is 5.19. The van der Waals surface area contributed by atoms with Crippen molar-refractivity contribution >= 4 is 28.2 Å². The van der Waals surface area contributed by atoms with Crippen molar-refractivity contribution in [3.63, 3.8) is 0 Å². The highest BCUT2D eigenvalue weighted by Gasteiger charge is 2.19. The van der Waals surface area contributed by atoms with Crippen LogP contribution in [0.1, 0.15) is 22.8 Å². The van der Waals surface area contributed by atoms with Crippen LogP contribution in [-0.4, -0.2) is 17.6 Å². The van der Waals surface area contributed by atoms with E-state index in [0.29, 0.717) is 22.2 Å². The second kappa shape index (κ2) is 6.97. The summed E-state index contributed by atoms with van der Waals surface area (Å²) >= 11 is 0. The smallest absolute Gasteiger partial charge is 0.341 e. The minimum Gasteiger partial charge on any atom is -0.462 e. The highest BCUT2D eigenvalue weighted by Crippen LogP contribution is 2.31. The van der Waals surface area contributed by atoms with E-state index in [4.69, 9.17) is 4.74 Å². The predicted molar refractivity (Wildman–Crippen MR) is 92.1 cm³/mol. The number of hydrogen-bond acceptors (Lipinski definition) is 5. The SMILES string of the molecule is CCOC(=O)c1cnc2c(C#N)cccc2c1Nc1ccccc1F. The van der Waals surface area contributed by atoms with Crippen LogP contribution < -0.4 is 5.32 Å². The van der Waals surface area contributed by atoms with E-state index in [0.717, 1.165) is 0 Å². The molecule has 0 aliphatic carbocycles. The summed E-state index contributed by atoms with van der Waals surface area (Å²) in [5, 5.41) is 12.7. The molecular weight excluding hydrogens is 321 g/mol. The van der Waals surface area contributed by atoms with Gasteiger partial charge in [0.2, 0.25) is 0 Å². The van der Waals surface area contributed by atoms with E-state index in [9.17, 15) is 14.4 Å². The first-order chi connectivity index (χ1) is 12.2. The van der Waals surface area contributed by atoms with E-state index in [1.807, 2.05) is 0 Å². The maximum atomic E-state index is 14.1. The molecule has 0 radical (unpaired) electrons. The lowest BCUT2D eigenvalue weighted by molar-refractivity contribution is 0.0527. The number of halogens is 1. The number of aromatic nitrogens is 1. The topological polar surface area (TPSA) is 75.0 Å². The first-order valence-corrected chi connectivity index (χ1v) is 7.66. The van der Waals surface area contributed by atoms with Crippen molar-refractivity contribution in [3.8, 4) is 6.07 Å². The number of hydrogen-bond donors (Lipinski definition) is 1. The fourth-order valence-electron chi connectivity index (χ4n) is 2.51. The van der Waals surface area contributed by atoms with Gasteiger partial charge in [0.05, 0.1) is 29.1 Å². The Bertz CT molecular complexity index is 996. The first-order valence-electron chi connectivity index (χ1n) is 7.66. The minimum absolute atomic E-state index is 0.174. The number of carbonyl (C=O) groups is 1. The third-order valence-electron chi connectivity index (χ3n) is 3.65. The molecule has 124 valence electrons. The van der Waals surface area contributed by atoms with Crippen LogP contribution in [0, 0.1) is 17.1 Å². The Balaban J connectivity index is 2.24. The molecule has 0 saturated carbocycles. The van der Waals surface area contributed by atoms with Gasteiger partial charge in [-0.15, -0.1) is 0 Å². The van der Waals surface area contributed by atoms with Crippen molar-refractivity contribution in [2.45, 2.75) is 6.92 Å². The van der Waals surface area contributed by atoms with Gasteiger partial charge in [-0.05, 0) is 25.1 Å². The maximum absolute atomic E-state index is 14.1. The summed E-state index contributed by atoms with van der Waals surface area (Å²) in [4.78, 5) is 16.5. The van der Waals surface area contributed by atoms with Gasteiger partial charge in [-0.2, -0.15) is 5.26 Å². The molecule has 5 nitrogen and oxygen atoms in total. The van der Waals surface area contributed by atoms with Crippen LogP contribution >= 0.6 is 0 Å². The first kappa shape index (κ1) is 16.4. The summed E-state index contributed by atoms with van der Waals surface area (Å²) in [7, 11) is 0. The molecule has 0 bridgehead atoms. The van der Waals surface area contributed by atoms with E-state index in [1.54, 1.807) is 43.3 Å². The van der Waals surface area contributed by atoms with E-state index in [1.165, 1.54) is 12.3 Å². The molecule has 2 aromatic carbocycles. The zero-order chi connectivity index (χ0) is 17.8. The van der Waals surface area contributed by atoms with Gasteiger partial charge in [-0.25, -0.2) is 9.18 Å². The van der Waals surface area contributed by atoms with Crippen molar-refractivity contribution in [2.24, 2.45) is 0 Å². The van der Waals surface area contributed by atoms with Crippen LogP contribution in [0.3, 0.4) is 0 Å². The van der Waals surface area contributed by atoms with E-state index in [2.05, 4.69) is 16.4 Å². The summed E-state index contributed by atoms with van der Waals surface area (Å²) in [6.45, 7) is 1.90. The molecule has 0 unspecified atom stereocenters. The van der Waals surface area contributed by atoms with Crippen molar-refractivity contribution in [1.29, 1.82) is 5.26 Å². The van der Waals surface area contributed by atoms with Gasteiger partial charge < -0.3 is 10.1 Å². The number of fused-ring (bicyclic) bond motifs is 1. The van der Waals surface area contributed by atoms with Gasteiger partial charge >= 0.3 is 5.97 Å². The van der Waals surface area contributed by atoms with Crippen LogP contribution in [0.25, 0.3) is 10.9 Å². The molecule has 1 heterocycles. The number of para-hydroxylation sites is 2. The van der Waals surface area contributed by atoms with E-state index >= 15 is 0 Å². The molecule has 0 fully saturated rings. The zero-order valence-electron chi connectivity index (χ0n) is 13.4. The van der Waals surface area contributed by atoms with Crippen molar-refractivity contribution in [3.05, 3.63) is 65.6 Å². The van der Waals surface area contributed by atoms with E-state index in [-0.39, 0.29) is 17.9 Å². The van der Waals surface area contributed by atoms with Crippen molar-refractivity contribution < 1.29 is 13.9 Å². The van der Waals surface area contributed by atoms with Gasteiger partial charge in [-0.1, -0.05) is 24.3 Å². The van der Waals surface area contributed by atoms with Crippen LogP contribution in [0.5, 0.6) is 0 Å². The lowest BCUT2D eigenvalue weighted by atomic mass is 10.1. The highest BCUT2D eigenvalue weighted by atomic mass is 19.1. The lowest BCUT2D eigenvalue weighted by Gasteiger charge is -2.15. The molecule has 0 atom stereocenters. The predicted octanol–water partition coefficient (Wildman–Crippen LogP) is 4.17. The van der Waals surface area contributed by atoms with Gasteiger partial charge in [0.15, 0.2) is 0 Å². The van der Waals surface area contributed by atoms with Gasteiger partial charge in [0, 0.05) is 11.6 Å². The van der Waals surface area contributed by atoms with Crippen molar-refractivity contribution in [1.82, 2.24) is 4.98 Å². The Hall–Kier alpha value is -3.46. The average molecular weight is 335 g/mol. The molecule has 25 heavy (non-hydrogen) atoms. The third kappa shape index (κ3) is 3.12. The highest BCUT2D eigenvalue weighted by molar-refractivity contribution is 6.07. The number of nitrogens with zero attached hydrogens (tertiary/aromatic N) is 2. The molecule has 3 rings (SSSR count). The average Bonchev–Trinajstić information content (AvgIpc) is 2.63. The molecule has 1 aromatic heterocycles. The molecule has 0 aliphatic rings. The summed E-state index contributed by atoms with van der Waals surface area (Å²) in [5.74, 6) is -1.03. The number of rotatable bonds is 4. The fourth-order valence-corrected chi connectivity index (χ4v) is 2.51. The van der Waals surface area contributed by atoms with Gasteiger partial charge in [0.25, 0.3) is 0 Å². The zero-order valence-corrected chi connectivity index (χ0v) is 13.4. The Labute approximate surface area is 143 Å². The molecule has 0 saturated heterocycles. The van der Waals surface area contributed by atoms with Crippen LogP contribution in [0.4, 0.5) is 15.8 Å². The fraction of sp³-hybridized carbons (Fsp3) is 0.105.